The summed E-state index contributed by atoms with van der Waals surface area (Å²) in [7, 11) is 0. The van der Waals surface area contributed by atoms with Crippen molar-refractivity contribution in [1.29, 1.82) is 0 Å². The lowest BCUT2D eigenvalue weighted by Crippen LogP contribution is -2.48. The Morgan fingerprint density at radius 3 is 2.10 bits per heavy atom. The van der Waals surface area contributed by atoms with E-state index in [9.17, 15) is 9.59 Å². The van der Waals surface area contributed by atoms with Gasteiger partial charge in [-0.15, -0.1) is 0 Å². The number of carbonyl (C=O) groups is 2. The molecule has 0 N–H and O–H groups in total. The molecule has 3 nitrogen and oxygen atoms in total. The largest absolute Gasteiger partial charge is 0.278 e. The van der Waals surface area contributed by atoms with Gasteiger partial charge in [-0.25, -0.2) is 0 Å². The molecule has 2 amide bonds. The molecule has 112 valence electrons. The Labute approximate surface area is 130 Å². The van der Waals surface area contributed by atoms with Crippen molar-refractivity contribution < 1.29 is 9.59 Å². The van der Waals surface area contributed by atoms with Crippen molar-refractivity contribution in [1.82, 2.24) is 4.90 Å². The van der Waals surface area contributed by atoms with E-state index in [0.29, 0.717) is 24.4 Å². The Morgan fingerprint density at radius 2 is 1.52 bits per heavy atom. The molecule has 2 aliphatic rings. The lowest BCUT2D eigenvalue weighted by atomic mass is 9.67. The molecule has 1 heterocycles. The van der Waals surface area contributed by atoms with Crippen molar-refractivity contribution in [3.63, 3.8) is 0 Å². The van der Waals surface area contributed by atoms with Crippen LogP contribution >= 0.6 is 11.6 Å². The SMILES string of the molecule is O=C1CC2(CCCCC2)CC(=O)N1Cc1ccc(Cl)cc1. The molecule has 4 heteroatoms. The zero-order valence-corrected chi connectivity index (χ0v) is 12.9. The third kappa shape index (κ3) is 3.13. The van der Waals surface area contributed by atoms with Crippen molar-refractivity contribution in [3.05, 3.63) is 34.9 Å². The summed E-state index contributed by atoms with van der Waals surface area (Å²) >= 11 is 5.86. The second kappa shape index (κ2) is 5.80. The van der Waals surface area contributed by atoms with Gasteiger partial charge in [0.1, 0.15) is 0 Å². The first-order valence-electron chi connectivity index (χ1n) is 7.66. The molecular formula is C17H20ClNO2. The van der Waals surface area contributed by atoms with Gasteiger partial charge in [-0.3, -0.25) is 14.5 Å². The van der Waals surface area contributed by atoms with E-state index < -0.39 is 0 Å². The summed E-state index contributed by atoms with van der Waals surface area (Å²) in [6, 6.07) is 7.32. The fourth-order valence-electron chi connectivity index (χ4n) is 3.64. The zero-order chi connectivity index (χ0) is 14.9. The number of rotatable bonds is 2. The highest BCUT2D eigenvalue weighted by atomic mass is 35.5. The van der Waals surface area contributed by atoms with Gasteiger partial charge in [0.2, 0.25) is 11.8 Å². The highest BCUT2D eigenvalue weighted by molar-refractivity contribution is 6.30. The van der Waals surface area contributed by atoms with Crippen LogP contribution in [0.15, 0.2) is 24.3 Å². The van der Waals surface area contributed by atoms with E-state index in [-0.39, 0.29) is 17.2 Å². The van der Waals surface area contributed by atoms with Gasteiger partial charge in [-0.1, -0.05) is 43.0 Å². The summed E-state index contributed by atoms with van der Waals surface area (Å²) in [5.74, 6) is -0.0220. The minimum atomic E-state index is -0.0388. The second-order valence-electron chi connectivity index (χ2n) is 6.41. The summed E-state index contributed by atoms with van der Waals surface area (Å²) < 4.78 is 0. The summed E-state index contributed by atoms with van der Waals surface area (Å²) in [6.07, 6.45) is 6.66. The van der Waals surface area contributed by atoms with Gasteiger partial charge in [0.05, 0.1) is 6.54 Å². The molecule has 2 fully saturated rings. The number of halogens is 1. The summed E-state index contributed by atoms with van der Waals surface area (Å²) in [5.41, 5.74) is 0.906. The molecule has 1 spiro atoms. The average molecular weight is 306 g/mol. The Hall–Kier alpha value is -1.35. The topological polar surface area (TPSA) is 37.4 Å². The minimum absolute atomic E-state index is 0.0110. The van der Waals surface area contributed by atoms with Crippen LogP contribution in [-0.2, 0) is 16.1 Å². The van der Waals surface area contributed by atoms with E-state index in [1.807, 2.05) is 12.1 Å². The van der Waals surface area contributed by atoms with Crippen LogP contribution in [0.2, 0.25) is 5.02 Å². The van der Waals surface area contributed by atoms with Gasteiger partial charge in [0.25, 0.3) is 0 Å². The Morgan fingerprint density at radius 1 is 0.952 bits per heavy atom. The smallest absolute Gasteiger partial charge is 0.230 e. The molecular weight excluding hydrogens is 286 g/mol. The highest BCUT2D eigenvalue weighted by Crippen LogP contribution is 2.45. The first-order chi connectivity index (χ1) is 10.1. The third-order valence-electron chi connectivity index (χ3n) is 4.82. The van der Waals surface area contributed by atoms with Gasteiger partial charge >= 0.3 is 0 Å². The summed E-state index contributed by atoms with van der Waals surface area (Å²) in [5, 5.41) is 0.663. The van der Waals surface area contributed by atoms with Crippen LogP contribution in [0.1, 0.15) is 50.5 Å². The predicted octanol–water partition coefficient (Wildman–Crippen LogP) is 3.94. The molecule has 1 aliphatic heterocycles. The molecule has 1 saturated heterocycles. The fourth-order valence-corrected chi connectivity index (χ4v) is 3.76. The van der Waals surface area contributed by atoms with Crippen molar-refractivity contribution in [2.75, 3.05) is 0 Å². The first-order valence-corrected chi connectivity index (χ1v) is 8.03. The van der Waals surface area contributed by atoms with E-state index in [1.165, 1.54) is 11.3 Å². The lowest BCUT2D eigenvalue weighted by Gasteiger charge is -2.42. The van der Waals surface area contributed by atoms with Gasteiger partial charge in [0.15, 0.2) is 0 Å². The number of piperidine rings is 1. The van der Waals surface area contributed by atoms with Crippen LogP contribution in [0.3, 0.4) is 0 Å². The molecule has 1 aromatic rings. The molecule has 3 rings (SSSR count). The molecule has 21 heavy (non-hydrogen) atoms. The van der Waals surface area contributed by atoms with E-state index in [0.717, 1.165) is 31.2 Å². The average Bonchev–Trinajstić information content (AvgIpc) is 2.46. The molecule has 0 bridgehead atoms. The molecule has 1 saturated carbocycles. The maximum Gasteiger partial charge on any atom is 0.230 e. The van der Waals surface area contributed by atoms with Crippen LogP contribution in [0, 0.1) is 5.41 Å². The number of nitrogens with zero attached hydrogens (tertiary/aromatic N) is 1. The summed E-state index contributed by atoms with van der Waals surface area (Å²) in [6.45, 7) is 0.366. The number of hydrogen-bond donors (Lipinski definition) is 0. The van der Waals surface area contributed by atoms with E-state index >= 15 is 0 Å². The maximum atomic E-state index is 12.4. The maximum absolute atomic E-state index is 12.4. The molecule has 0 unspecified atom stereocenters. The van der Waals surface area contributed by atoms with Crippen LogP contribution in [0.4, 0.5) is 0 Å². The highest BCUT2D eigenvalue weighted by Gasteiger charge is 2.43. The number of benzene rings is 1. The molecule has 0 aromatic heterocycles. The zero-order valence-electron chi connectivity index (χ0n) is 12.1. The van der Waals surface area contributed by atoms with Crippen LogP contribution in [-0.4, -0.2) is 16.7 Å². The number of likely N-dealkylation sites (tertiary alicyclic amines) is 1. The molecule has 0 atom stereocenters. The first kappa shape index (κ1) is 14.6. The van der Waals surface area contributed by atoms with Crippen molar-refractivity contribution in [3.8, 4) is 0 Å². The van der Waals surface area contributed by atoms with Crippen LogP contribution in [0.25, 0.3) is 0 Å². The van der Waals surface area contributed by atoms with Gasteiger partial charge < -0.3 is 0 Å². The Kier molecular flexibility index (Phi) is 4.03. The number of carbonyl (C=O) groups excluding carboxylic acids is 2. The number of hydrogen-bond acceptors (Lipinski definition) is 2. The monoisotopic (exact) mass is 305 g/mol. The molecule has 1 aromatic carbocycles. The third-order valence-corrected chi connectivity index (χ3v) is 5.07. The van der Waals surface area contributed by atoms with Crippen LogP contribution in [0.5, 0.6) is 0 Å². The van der Waals surface area contributed by atoms with Crippen molar-refractivity contribution in [2.24, 2.45) is 5.41 Å². The van der Waals surface area contributed by atoms with Gasteiger partial charge in [0, 0.05) is 17.9 Å². The second-order valence-corrected chi connectivity index (χ2v) is 6.85. The normalized spacial score (nSPS) is 21.9. The number of amides is 2. The van der Waals surface area contributed by atoms with E-state index in [2.05, 4.69) is 0 Å². The van der Waals surface area contributed by atoms with Gasteiger partial charge in [-0.05, 0) is 36.0 Å². The van der Waals surface area contributed by atoms with E-state index in [1.54, 1.807) is 12.1 Å². The quantitative estimate of drug-likeness (QED) is 0.776. The standard InChI is InChI=1S/C17H20ClNO2/c18-14-6-4-13(5-7-14)12-19-15(20)10-17(11-16(19)21)8-2-1-3-9-17/h4-7H,1-3,8-12H2. The molecule has 0 radical (unpaired) electrons. The van der Waals surface area contributed by atoms with E-state index in [4.69, 9.17) is 11.6 Å². The van der Waals surface area contributed by atoms with Crippen LogP contribution < -0.4 is 0 Å². The van der Waals surface area contributed by atoms with Crippen molar-refractivity contribution in [2.45, 2.75) is 51.5 Å². The molecule has 1 aliphatic carbocycles. The number of imide groups is 1. The fraction of sp³-hybridized carbons (Fsp3) is 0.529. The Balaban J connectivity index is 1.71. The Bertz CT molecular complexity index is 526. The summed E-state index contributed by atoms with van der Waals surface area (Å²) in [4.78, 5) is 26.3. The minimum Gasteiger partial charge on any atom is -0.278 e. The lowest BCUT2D eigenvalue weighted by molar-refractivity contribution is -0.155. The van der Waals surface area contributed by atoms with Gasteiger partial charge in [-0.2, -0.15) is 0 Å². The predicted molar refractivity (Wildman–Crippen MR) is 81.8 cm³/mol. The van der Waals surface area contributed by atoms with Crippen molar-refractivity contribution >= 4 is 23.4 Å².